The first-order valence-corrected chi connectivity index (χ1v) is 9.85. The minimum absolute atomic E-state index is 0.0475. The van der Waals surface area contributed by atoms with Crippen LogP contribution in [0.25, 0.3) is 0 Å². The molecule has 0 aromatic heterocycles. The van der Waals surface area contributed by atoms with Crippen LogP contribution in [0.2, 0.25) is 0 Å². The van der Waals surface area contributed by atoms with E-state index in [9.17, 15) is 9.59 Å². The third kappa shape index (κ3) is 3.61. The number of hydrogen-bond acceptors (Lipinski definition) is 2. The first kappa shape index (κ1) is 17.8. The second-order valence-corrected chi connectivity index (χ2v) is 7.64. The Labute approximate surface area is 160 Å². The van der Waals surface area contributed by atoms with E-state index >= 15 is 0 Å². The van der Waals surface area contributed by atoms with Crippen molar-refractivity contribution in [3.63, 3.8) is 0 Å². The van der Waals surface area contributed by atoms with Crippen LogP contribution in [0.4, 0.5) is 0 Å². The van der Waals surface area contributed by atoms with E-state index in [1.165, 1.54) is 11.1 Å². The van der Waals surface area contributed by atoms with Gasteiger partial charge in [-0.1, -0.05) is 36.4 Å². The van der Waals surface area contributed by atoms with Crippen molar-refractivity contribution < 1.29 is 9.59 Å². The Balaban J connectivity index is 1.53. The summed E-state index contributed by atoms with van der Waals surface area (Å²) in [7, 11) is 1.91. The van der Waals surface area contributed by atoms with Gasteiger partial charge in [-0.25, -0.2) is 0 Å². The molecule has 4 rings (SSSR count). The van der Waals surface area contributed by atoms with Gasteiger partial charge in [0.15, 0.2) is 0 Å². The fourth-order valence-corrected chi connectivity index (χ4v) is 4.37. The molecule has 0 saturated carbocycles. The Hall–Kier alpha value is -2.62. The van der Waals surface area contributed by atoms with Crippen molar-refractivity contribution in [1.29, 1.82) is 0 Å². The summed E-state index contributed by atoms with van der Waals surface area (Å²) in [6, 6.07) is 16.3. The zero-order valence-electron chi connectivity index (χ0n) is 15.9. The maximum atomic E-state index is 13.2. The molecule has 1 aliphatic carbocycles. The van der Waals surface area contributed by atoms with Crippen molar-refractivity contribution in [1.82, 2.24) is 9.80 Å². The van der Waals surface area contributed by atoms with Crippen LogP contribution in [-0.2, 0) is 17.8 Å². The van der Waals surface area contributed by atoms with Crippen molar-refractivity contribution >= 4 is 11.8 Å². The molecule has 1 atom stereocenters. The summed E-state index contributed by atoms with van der Waals surface area (Å²) in [5.41, 5.74) is 4.35. The third-order valence-electron chi connectivity index (χ3n) is 5.84. The minimum atomic E-state index is 0.0475. The zero-order valence-corrected chi connectivity index (χ0v) is 15.9. The zero-order chi connectivity index (χ0) is 18.8. The Morgan fingerprint density at radius 2 is 1.96 bits per heavy atom. The molecule has 2 amide bonds. The molecule has 4 nitrogen and oxygen atoms in total. The van der Waals surface area contributed by atoms with Crippen LogP contribution < -0.4 is 0 Å². The lowest BCUT2D eigenvalue weighted by molar-refractivity contribution is -0.128. The fourth-order valence-electron chi connectivity index (χ4n) is 4.37. The van der Waals surface area contributed by atoms with E-state index < -0.39 is 0 Å². The van der Waals surface area contributed by atoms with Crippen LogP contribution in [-0.4, -0.2) is 35.2 Å². The van der Waals surface area contributed by atoms with Gasteiger partial charge in [0.1, 0.15) is 0 Å². The molecule has 0 spiro atoms. The molecule has 0 N–H and O–H groups in total. The van der Waals surface area contributed by atoms with Gasteiger partial charge in [0.2, 0.25) is 5.91 Å². The van der Waals surface area contributed by atoms with Gasteiger partial charge in [0.05, 0.1) is 6.04 Å². The highest BCUT2D eigenvalue weighted by Gasteiger charge is 2.27. The molecule has 2 aliphatic rings. The van der Waals surface area contributed by atoms with E-state index in [2.05, 4.69) is 24.3 Å². The molecular formula is C23H26N2O2. The lowest BCUT2D eigenvalue weighted by Gasteiger charge is -2.33. The molecule has 0 bridgehead atoms. The van der Waals surface area contributed by atoms with Gasteiger partial charge in [0.25, 0.3) is 5.91 Å². The number of benzene rings is 2. The number of rotatable bonds is 4. The summed E-state index contributed by atoms with van der Waals surface area (Å²) in [6.45, 7) is 1.41. The molecule has 1 heterocycles. The van der Waals surface area contributed by atoms with Crippen LogP contribution >= 0.6 is 0 Å². The van der Waals surface area contributed by atoms with Gasteiger partial charge >= 0.3 is 0 Å². The summed E-state index contributed by atoms with van der Waals surface area (Å²) in [4.78, 5) is 28.8. The van der Waals surface area contributed by atoms with Crippen LogP contribution in [0.5, 0.6) is 0 Å². The second-order valence-electron chi connectivity index (χ2n) is 7.64. The third-order valence-corrected chi connectivity index (χ3v) is 5.84. The minimum Gasteiger partial charge on any atom is -0.338 e. The number of carbonyl (C=O) groups excluding carboxylic acids is 2. The number of carbonyl (C=O) groups is 2. The predicted molar refractivity (Wildman–Crippen MR) is 105 cm³/mol. The Bertz CT molecular complexity index is 861. The maximum Gasteiger partial charge on any atom is 0.254 e. The molecule has 1 aliphatic heterocycles. The van der Waals surface area contributed by atoms with Gasteiger partial charge in [-0.15, -0.1) is 0 Å². The number of aryl methyl sites for hydroxylation is 1. The van der Waals surface area contributed by atoms with E-state index in [4.69, 9.17) is 0 Å². The van der Waals surface area contributed by atoms with E-state index in [0.717, 1.165) is 37.8 Å². The highest BCUT2D eigenvalue weighted by molar-refractivity contribution is 5.94. The molecular weight excluding hydrogens is 336 g/mol. The summed E-state index contributed by atoms with van der Waals surface area (Å²) in [5.74, 6) is 0.258. The van der Waals surface area contributed by atoms with Crippen LogP contribution in [0.3, 0.4) is 0 Å². The van der Waals surface area contributed by atoms with E-state index in [-0.39, 0.29) is 17.9 Å². The molecule has 0 radical (unpaired) electrons. The normalized spacial score (nSPS) is 19.1. The first-order valence-electron chi connectivity index (χ1n) is 9.85. The number of likely N-dealkylation sites (tertiary alicyclic amines) is 1. The highest BCUT2D eigenvalue weighted by Crippen LogP contribution is 2.34. The van der Waals surface area contributed by atoms with Crippen LogP contribution in [0.15, 0.2) is 48.5 Å². The lowest BCUT2D eigenvalue weighted by Crippen LogP contribution is -2.33. The molecule has 2 aromatic rings. The topological polar surface area (TPSA) is 40.6 Å². The van der Waals surface area contributed by atoms with Crippen molar-refractivity contribution in [2.24, 2.45) is 0 Å². The number of nitrogens with zero attached hydrogens (tertiary/aromatic N) is 2. The number of hydrogen-bond donors (Lipinski definition) is 0. The van der Waals surface area contributed by atoms with E-state index in [1.807, 2.05) is 41.1 Å². The van der Waals surface area contributed by atoms with Gasteiger partial charge < -0.3 is 9.80 Å². The second kappa shape index (κ2) is 7.55. The molecule has 2 aromatic carbocycles. The van der Waals surface area contributed by atoms with Crippen molar-refractivity contribution in [3.05, 3.63) is 70.8 Å². The fraction of sp³-hybridized carbons (Fsp3) is 0.391. The standard InChI is InChI=1S/C23H26N2O2/c1-24(21-12-5-9-18-8-2-3-11-20(18)21)23(27)19-10-4-7-17(15-19)16-25-14-6-13-22(25)26/h2-4,7-8,10-11,15,21H,5-6,9,12-14,16H2,1H3. The smallest absolute Gasteiger partial charge is 0.254 e. The largest absolute Gasteiger partial charge is 0.338 e. The summed E-state index contributed by atoms with van der Waals surface area (Å²) in [6.07, 6.45) is 4.77. The molecule has 1 saturated heterocycles. The lowest BCUT2D eigenvalue weighted by atomic mass is 9.87. The van der Waals surface area contributed by atoms with Gasteiger partial charge in [-0.05, 0) is 54.5 Å². The summed E-state index contributed by atoms with van der Waals surface area (Å²) in [5, 5.41) is 0. The SMILES string of the molecule is CN(C(=O)c1cccc(CN2CCCC2=O)c1)C1CCCc2ccccc21. The highest BCUT2D eigenvalue weighted by atomic mass is 16.2. The maximum absolute atomic E-state index is 13.2. The van der Waals surface area contributed by atoms with Gasteiger partial charge in [0, 0.05) is 32.1 Å². The average Bonchev–Trinajstić information content (AvgIpc) is 3.11. The summed E-state index contributed by atoms with van der Waals surface area (Å²) >= 11 is 0. The molecule has 140 valence electrons. The Morgan fingerprint density at radius 3 is 2.78 bits per heavy atom. The van der Waals surface area contributed by atoms with Gasteiger partial charge in [-0.2, -0.15) is 0 Å². The number of fused-ring (bicyclic) bond motifs is 1. The van der Waals surface area contributed by atoms with Crippen molar-refractivity contribution in [2.75, 3.05) is 13.6 Å². The van der Waals surface area contributed by atoms with Crippen LogP contribution in [0.1, 0.15) is 58.8 Å². The van der Waals surface area contributed by atoms with Crippen LogP contribution in [0, 0.1) is 0 Å². The Kier molecular flexibility index (Phi) is 4.97. The van der Waals surface area contributed by atoms with E-state index in [0.29, 0.717) is 18.5 Å². The Morgan fingerprint density at radius 1 is 1.11 bits per heavy atom. The predicted octanol–water partition coefficient (Wildman–Crippen LogP) is 3.96. The monoisotopic (exact) mass is 362 g/mol. The molecule has 1 unspecified atom stereocenters. The first-order chi connectivity index (χ1) is 13.1. The van der Waals surface area contributed by atoms with Gasteiger partial charge in [-0.3, -0.25) is 9.59 Å². The molecule has 27 heavy (non-hydrogen) atoms. The summed E-state index contributed by atoms with van der Waals surface area (Å²) < 4.78 is 0. The number of amides is 2. The van der Waals surface area contributed by atoms with Crippen molar-refractivity contribution in [2.45, 2.75) is 44.7 Å². The molecule has 4 heteroatoms. The average molecular weight is 362 g/mol. The van der Waals surface area contributed by atoms with E-state index in [1.54, 1.807) is 0 Å². The quantitative estimate of drug-likeness (QED) is 0.826. The van der Waals surface area contributed by atoms with Crippen molar-refractivity contribution in [3.8, 4) is 0 Å². The molecule has 1 fully saturated rings.